The molecule has 0 saturated heterocycles. The Labute approximate surface area is 87.9 Å². The Balaban J connectivity index is 2.68. The lowest BCUT2D eigenvalue weighted by atomic mass is 10.3. The van der Waals surface area contributed by atoms with Crippen LogP contribution >= 0.6 is 11.3 Å². The summed E-state index contributed by atoms with van der Waals surface area (Å²) in [6.07, 6.45) is -5.43. The van der Waals surface area contributed by atoms with Crippen molar-refractivity contribution < 1.29 is 22.7 Å². The van der Waals surface area contributed by atoms with Gasteiger partial charge < -0.3 is 4.74 Å². The molecule has 15 heavy (non-hydrogen) atoms. The lowest BCUT2D eigenvalue weighted by molar-refractivity contribution is -0.127. The number of halogens is 3. The number of carbonyl (C=O) groups excluding carboxylic acids is 1. The Morgan fingerprint density at radius 3 is 2.80 bits per heavy atom. The molecule has 0 saturated carbocycles. The number of nitrogens with zero attached hydrogens (tertiary/aromatic N) is 1. The number of hydrogen-bond donors (Lipinski definition) is 0. The van der Waals surface area contributed by atoms with Crippen LogP contribution in [0.15, 0.2) is 5.38 Å². The highest BCUT2D eigenvalue weighted by atomic mass is 32.1. The molecule has 0 aliphatic heterocycles. The summed E-state index contributed by atoms with van der Waals surface area (Å²) in [4.78, 5) is 14.6. The van der Waals surface area contributed by atoms with Gasteiger partial charge in [-0.3, -0.25) is 0 Å². The van der Waals surface area contributed by atoms with Crippen LogP contribution in [0.4, 0.5) is 13.2 Å². The molecule has 1 aromatic heterocycles. The monoisotopic (exact) mass is 239 g/mol. The van der Waals surface area contributed by atoms with Crippen LogP contribution in [0.5, 0.6) is 0 Å². The van der Waals surface area contributed by atoms with Gasteiger partial charge in [0.05, 0.1) is 18.7 Å². The van der Waals surface area contributed by atoms with Gasteiger partial charge in [0.25, 0.3) is 0 Å². The van der Waals surface area contributed by atoms with Crippen LogP contribution in [0.3, 0.4) is 0 Å². The maximum Gasteiger partial charge on any atom is 0.394 e. The third kappa shape index (κ3) is 3.86. The highest BCUT2D eigenvalue weighted by Gasteiger charge is 2.29. The molecule has 0 unspecified atom stereocenters. The van der Waals surface area contributed by atoms with Crippen molar-refractivity contribution in [2.24, 2.45) is 0 Å². The smallest absolute Gasteiger partial charge is 0.394 e. The molecular formula is C8H8F3NO2S. The van der Waals surface area contributed by atoms with Crippen LogP contribution in [-0.2, 0) is 11.2 Å². The summed E-state index contributed by atoms with van der Waals surface area (Å²) < 4.78 is 40.4. The second kappa shape index (κ2) is 4.61. The molecule has 0 radical (unpaired) electrons. The molecule has 0 aliphatic carbocycles. The largest absolute Gasteiger partial charge is 0.461 e. The quantitative estimate of drug-likeness (QED) is 0.760. The fourth-order valence-electron chi connectivity index (χ4n) is 0.880. The second-order valence-corrected chi connectivity index (χ2v) is 3.51. The molecule has 0 aromatic carbocycles. The topological polar surface area (TPSA) is 39.2 Å². The Hall–Kier alpha value is -1.11. The third-order valence-electron chi connectivity index (χ3n) is 1.38. The second-order valence-electron chi connectivity index (χ2n) is 2.66. The van der Waals surface area contributed by atoms with E-state index in [1.54, 1.807) is 6.92 Å². The summed E-state index contributed by atoms with van der Waals surface area (Å²) in [6, 6.07) is 0. The number of esters is 1. The first kappa shape index (κ1) is 12.0. The van der Waals surface area contributed by atoms with Crippen molar-refractivity contribution in [2.45, 2.75) is 19.5 Å². The SMILES string of the molecule is CCOC(=O)c1nc(CC(F)(F)F)cs1. The number of aromatic nitrogens is 1. The number of rotatable bonds is 3. The molecule has 0 spiro atoms. The van der Waals surface area contributed by atoms with Gasteiger partial charge in [-0.25, -0.2) is 9.78 Å². The minimum atomic E-state index is -4.31. The van der Waals surface area contributed by atoms with Crippen molar-refractivity contribution >= 4 is 17.3 Å². The van der Waals surface area contributed by atoms with E-state index in [2.05, 4.69) is 9.72 Å². The molecule has 0 aliphatic rings. The van der Waals surface area contributed by atoms with Gasteiger partial charge in [0.2, 0.25) is 5.01 Å². The predicted molar refractivity (Wildman–Crippen MR) is 47.8 cm³/mol. The highest BCUT2D eigenvalue weighted by molar-refractivity contribution is 7.11. The summed E-state index contributed by atoms with van der Waals surface area (Å²) in [5, 5.41) is 1.16. The lowest BCUT2D eigenvalue weighted by Crippen LogP contribution is -2.12. The number of alkyl halides is 3. The van der Waals surface area contributed by atoms with Crippen LogP contribution in [0.25, 0.3) is 0 Å². The lowest BCUT2D eigenvalue weighted by Gasteiger charge is -2.01. The van der Waals surface area contributed by atoms with Gasteiger partial charge in [0, 0.05) is 5.38 Å². The van der Waals surface area contributed by atoms with Crippen molar-refractivity contribution in [3.8, 4) is 0 Å². The minimum Gasteiger partial charge on any atom is -0.461 e. The van der Waals surface area contributed by atoms with Crippen molar-refractivity contribution in [2.75, 3.05) is 6.61 Å². The van der Waals surface area contributed by atoms with Crippen molar-refractivity contribution in [1.29, 1.82) is 0 Å². The Bertz CT molecular complexity index is 348. The maximum atomic E-state index is 11.9. The molecule has 3 nitrogen and oxygen atoms in total. The van der Waals surface area contributed by atoms with Gasteiger partial charge in [0.1, 0.15) is 0 Å². The van der Waals surface area contributed by atoms with Crippen molar-refractivity contribution in [3.63, 3.8) is 0 Å². The Morgan fingerprint density at radius 2 is 2.27 bits per heavy atom. The number of thiazole rings is 1. The number of ether oxygens (including phenoxy) is 1. The first-order chi connectivity index (χ1) is 6.92. The first-order valence-electron chi connectivity index (χ1n) is 4.10. The number of hydrogen-bond acceptors (Lipinski definition) is 4. The van der Waals surface area contributed by atoms with E-state index < -0.39 is 18.6 Å². The highest BCUT2D eigenvalue weighted by Crippen LogP contribution is 2.22. The zero-order chi connectivity index (χ0) is 11.5. The van der Waals surface area contributed by atoms with Gasteiger partial charge in [-0.05, 0) is 6.92 Å². The molecule has 0 atom stereocenters. The van der Waals surface area contributed by atoms with E-state index in [1.165, 1.54) is 5.38 Å². The molecular weight excluding hydrogens is 231 g/mol. The van der Waals surface area contributed by atoms with Gasteiger partial charge in [-0.1, -0.05) is 0 Å². The van der Waals surface area contributed by atoms with Crippen LogP contribution < -0.4 is 0 Å². The van der Waals surface area contributed by atoms with E-state index in [4.69, 9.17) is 0 Å². The fourth-order valence-corrected chi connectivity index (χ4v) is 1.59. The maximum absolute atomic E-state index is 11.9. The molecule has 1 heterocycles. The summed E-state index contributed by atoms with van der Waals surface area (Å²) in [6.45, 7) is 1.79. The van der Waals surface area contributed by atoms with Gasteiger partial charge in [0.15, 0.2) is 0 Å². The third-order valence-corrected chi connectivity index (χ3v) is 2.25. The Kier molecular flexibility index (Phi) is 3.67. The Morgan fingerprint density at radius 1 is 1.60 bits per heavy atom. The molecule has 1 rings (SSSR count). The molecule has 0 N–H and O–H groups in total. The fraction of sp³-hybridized carbons (Fsp3) is 0.500. The van der Waals surface area contributed by atoms with E-state index in [0.29, 0.717) is 0 Å². The summed E-state index contributed by atoms with van der Waals surface area (Å²) in [7, 11) is 0. The zero-order valence-electron chi connectivity index (χ0n) is 7.80. The normalized spacial score (nSPS) is 11.5. The van der Waals surface area contributed by atoms with E-state index in [0.717, 1.165) is 11.3 Å². The zero-order valence-corrected chi connectivity index (χ0v) is 8.61. The molecule has 0 bridgehead atoms. The summed E-state index contributed by atoms with van der Waals surface area (Å²) >= 11 is 0.853. The van der Waals surface area contributed by atoms with Crippen molar-refractivity contribution in [1.82, 2.24) is 4.98 Å². The van der Waals surface area contributed by atoms with Gasteiger partial charge >= 0.3 is 12.1 Å². The molecule has 7 heteroatoms. The molecule has 84 valence electrons. The predicted octanol–water partition coefficient (Wildman–Crippen LogP) is 2.42. The van der Waals surface area contributed by atoms with Crippen LogP contribution in [0.1, 0.15) is 22.4 Å². The van der Waals surface area contributed by atoms with Crippen LogP contribution in [0.2, 0.25) is 0 Å². The van der Waals surface area contributed by atoms with Crippen LogP contribution in [-0.4, -0.2) is 23.7 Å². The minimum absolute atomic E-state index is 0.0453. The van der Waals surface area contributed by atoms with Crippen molar-refractivity contribution in [3.05, 3.63) is 16.1 Å². The summed E-state index contributed by atoms with van der Waals surface area (Å²) in [5.41, 5.74) is -0.157. The summed E-state index contributed by atoms with van der Waals surface area (Å²) in [5.74, 6) is -0.684. The first-order valence-corrected chi connectivity index (χ1v) is 4.98. The van der Waals surface area contributed by atoms with E-state index >= 15 is 0 Å². The molecule has 0 amide bonds. The average Bonchev–Trinajstić information content (AvgIpc) is 2.50. The van der Waals surface area contributed by atoms with E-state index in [9.17, 15) is 18.0 Å². The molecule has 1 aromatic rings. The van der Waals surface area contributed by atoms with Crippen LogP contribution in [0, 0.1) is 0 Å². The standard InChI is InChI=1S/C8H8F3NO2S/c1-2-14-7(13)6-12-5(4-15-6)3-8(9,10)11/h4H,2-3H2,1H3. The number of carbonyl (C=O) groups is 1. The average molecular weight is 239 g/mol. The van der Waals surface area contributed by atoms with Gasteiger partial charge in [-0.2, -0.15) is 13.2 Å². The van der Waals surface area contributed by atoms with Gasteiger partial charge in [-0.15, -0.1) is 11.3 Å². The molecule has 0 fully saturated rings. The van der Waals surface area contributed by atoms with E-state index in [-0.39, 0.29) is 17.3 Å². The van der Waals surface area contributed by atoms with E-state index in [1.807, 2.05) is 0 Å².